The molecular formula is C27H28FN3O3. The van der Waals surface area contributed by atoms with Gasteiger partial charge in [0.1, 0.15) is 11.4 Å². The Morgan fingerprint density at radius 3 is 2.53 bits per heavy atom. The normalized spacial score (nSPS) is 15.0. The summed E-state index contributed by atoms with van der Waals surface area (Å²) in [6.07, 6.45) is 2.77. The molecule has 1 atom stereocenters. The number of nitrogens with one attached hydrogen (secondary N) is 3. The fourth-order valence-corrected chi connectivity index (χ4v) is 4.32. The monoisotopic (exact) mass is 461 g/mol. The molecule has 0 radical (unpaired) electrons. The molecule has 0 fully saturated rings. The van der Waals surface area contributed by atoms with Gasteiger partial charge in [-0.1, -0.05) is 38.1 Å². The summed E-state index contributed by atoms with van der Waals surface area (Å²) in [7, 11) is 0. The van der Waals surface area contributed by atoms with Crippen LogP contribution in [0.1, 0.15) is 47.4 Å². The molecule has 1 aromatic heterocycles. The van der Waals surface area contributed by atoms with Crippen LogP contribution in [0.25, 0.3) is 0 Å². The molecule has 0 spiro atoms. The number of pyridine rings is 1. The molecule has 3 N–H and O–H groups in total. The number of hydrogen-bond acceptors (Lipinski definition) is 3. The Hall–Kier alpha value is -3.74. The molecule has 176 valence electrons. The van der Waals surface area contributed by atoms with Crippen LogP contribution in [0.3, 0.4) is 0 Å². The first kappa shape index (κ1) is 23.4. The Kier molecular flexibility index (Phi) is 6.91. The average molecular weight is 462 g/mol. The van der Waals surface area contributed by atoms with E-state index in [4.69, 9.17) is 0 Å². The number of aromatic nitrogens is 1. The molecule has 0 aliphatic heterocycles. The summed E-state index contributed by atoms with van der Waals surface area (Å²) in [5.41, 5.74) is 3.02. The number of carbonyl (C=O) groups is 2. The van der Waals surface area contributed by atoms with Crippen molar-refractivity contribution in [1.82, 2.24) is 4.98 Å². The number of H-pyrrole nitrogens is 1. The van der Waals surface area contributed by atoms with Crippen molar-refractivity contribution in [3.63, 3.8) is 0 Å². The number of hydrogen-bond donors (Lipinski definition) is 3. The first-order valence-electron chi connectivity index (χ1n) is 11.5. The highest BCUT2D eigenvalue weighted by atomic mass is 19.1. The van der Waals surface area contributed by atoms with E-state index < -0.39 is 11.7 Å². The number of anilines is 2. The number of benzene rings is 2. The van der Waals surface area contributed by atoms with Crippen molar-refractivity contribution in [3.05, 3.63) is 93.2 Å². The van der Waals surface area contributed by atoms with Crippen LogP contribution in [0.15, 0.2) is 59.4 Å². The van der Waals surface area contributed by atoms with Crippen LogP contribution < -0.4 is 16.2 Å². The molecule has 7 heteroatoms. The third-order valence-corrected chi connectivity index (χ3v) is 6.37. The van der Waals surface area contributed by atoms with E-state index in [0.717, 1.165) is 30.5 Å². The minimum atomic E-state index is -0.495. The average Bonchev–Trinajstić information content (AvgIpc) is 2.81. The van der Waals surface area contributed by atoms with Crippen LogP contribution in [-0.2, 0) is 24.1 Å². The maximum absolute atomic E-state index is 13.7. The molecule has 4 rings (SSSR count). The smallest absolute Gasteiger partial charge is 0.261 e. The number of para-hydroxylation sites is 1. The zero-order valence-electron chi connectivity index (χ0n) is 19.3. The van der Waals surface area contributed by atoms with Gasteiger partial charge in [-0.15, -0.1) is 0 Å². The second-order valence-corrected chi connectivity index (χ2v) is 9.12. The van der Waals surface area contributed by atoms with Gasteiger partial charge < -0.3 is 15.6 Å². The lowest BCUT2D eigenvalue weighted by Gasteiger charge is -2.27. The Labute approximate surface area is 197 Å². The number of halogens is 1. The molecule has 0 bridgehead atoms. The number of fused-ring (bicyclic) bond motifs is 1. The maximum atomic E-state index is 13.7. The lowest BCUT2D eigenvalue weighted by Crippen LogP contribution is -2.28. The van der Waals surface area contributed by atoms with Gasteiger partial charge in [-0.2, -0.15) is 0 Å². The zero-order chi connectivity index (χ0) is 24.2. The highest BCUT2D eigenvalue weighted by Crippen LogP contribution is 2.29. The van der Waals surface area contributed by atoms with E-state index in [-0.39, 0.29) is 29.1 Å². The van der Waals surface area contributed by atoms with Crippen molar-refractivity contribution in [2.24, 2.45) is 11.8 Å². The van der Waals surface area contributed by atoms with Crippen LogP contribution in [0.4, 0.5) is 15.8 Å². The summed E-state index contributed by atoms with van der Waals surface area (Å²) in [5, 5.41) is 5.30. The zero-order valence-corrected chi connectivity index (χ0v) is 19.3. The van der Waals surface area contributed by atoms with E-state index in [1.165, 1.54) is 12.1 Å². The number of aromatic amines is 1. The van der Waals surface area contributed by atoms with Crippen molar-refractivity contribution in [3.8, 4) is 0 Å². The molecule has 1 unspecified atom stereocenters. The quantitative estimate of drug-likeness (QED) is 0.497. The van der Waals surface area contributed by atoms with E-state index in [0.29, 0.717) is 23.1 Å². The number of rotatable bonds is 6. The molecule has 6 nitrogen and oxygen atoms in total. The van der Waals surface area contributed by atoms with Gasteiger partial charge in [0.25, 0.3) is 11.5 Å². The van der Waals surface area contributed by atoms with Crippen LogP contribution in [0, 0.1) is 17.7 Å². The van der Waals surface area contributed by atoms with Gasteiger partial charge in [-0.05, 0) is 72.6 Å². The maximum Gasteiger partial charge on any atom is 0.261 e. The second-order valence-electron chi connectivity index (χ2n) is 9.12. The lowest BCUT2D eigenvalue weighted by atomic mass is 9.80. The second kappa shape index (κ2) is 10.0. The van der Waals surface area contributed by atoms with E-state index in [9.17, 15) is 18.8 Å². The Balaban J connectivity index is 1.40. The molecule has 1 heterocycles. The fraction of sp³-hybridized carbons (Fsp3) is 0.296. The SMILES string of the molecule is CC(C)C1CCc2[nH]c(=O)c(C(=O)Nc3ccc(CC(=O)Nc4ccccc4F)cc3)cc2C1. The van der Waals surface area contributed by atoms with Gasteiger partial charge in [-0.25, -0.2) is 4.39 Å². The molecule has 2 amide bonds. The van der Waals surface area contributed by atoms with Crippen molar-refractivity contribution in [1.29, 1.82) is 0 Å². The Bertz CT molecular complexity index is 1260. The number of carbonyl (C=O) groups excluding carboxylic acids is 2. The number of amides is 2. The minimum Gasteiger partial charge on any atom is -0.325 e. The molecule has 1 aliphatic carbocycles. The Morgan fingerprint density at radius 2 is 1.82 bits per heavy atom. The highest BCUT2D eigenvalue weighted by Gasteiger charge is 2.24. The summed E-state index contributed by atoms with van der Waals surface area (Å²) >= 11 is 0. The molecular weight excluding hydrogens is 433 g/mol. The van der Waals surface area contributed by atoms with Crippen LogP contribution in [0.5, 0.6) is 0 Å². The molecule has 0 saturated carbocycles. The van der Waals surface area contributed by atoms with Gasteiger partial charge in [0.15, 0.2) is 0 Å². The highest BCUT2D eigenvalue weighted by molar-refractivity contribution is 6.04. The fourth-order valence-electron chi connectivity index (χ4n) is 4.32. The minimum absolute atomic E-state index is 0.0596. The van der Waals surface area contributed by atoms with Gasteiger partial charge in [-0.3, -0.25) is 14.4 Å². The van der Waals surface area contributed by atoms with Crippen molar-refractivity contribution in [2.45, 2.75) is 39.5 Å². The number of aryl methyl sites for hydroxylation is 1. The van der Waals surface area contributed by atoms with Crippen molar-refractivity contribution < 1.29 is 14.0 Å². The largest absolute Gasteiger partial charge is 0.325 e. The summed E-state index contributed by atoms with van der Waals surface area (Å²) in [6.45, 7) is 4.39. The van der Waals surface area contributed by atoms with Gasteiger partial charge in [0.05, 0.1) is 12.1 Å². The van der Waals surface area contributed by atoms with Gasteiger partial charge in [0.2, 0.25) is 5.91 Å². The van der Waals surface area contributed by atoms with Crippen molar-refractivity contribution >= 4 is 23.2 Å². The molecule has 3 aromatic rings. The summed E-state index contributed by atoms with van der Waals surface area (Å²) in [5.74, 6) is -0.226. The van der Waals surface area contributed by atoms with Gasteiger partial charge in [0, 0.05) is 11.4 Å². The third-order valence-electron chi connectivity index (χ3n) is 6.37. The van der Waals surface area contributed by atoms with E-state index >= 15 is 0 Å². The molecule has 34 heavy (non-hydrogen) atoms. The third kappa shape index (κ3) is 5.42. The topological polar surface area (TPSA) is 91.1 Å². The lowest BCUT2D eigenvalue weighted by molar-refractivity contribution is -0.115. The summed E-state index contributed by atoms with van der Waals surface area (Å²) in [6, 6.07) is 14.5. The van der Waals surface area contributed by atoms with Crippen LogP contribution >= 0.6 is 0 Å². The first-order valence-corrected chi connectivity index (χ1v) is 11.5. The Morgan fingerprint density at radius 1 is 1.09 bits per heavy atom. The molecule has 2 aromatic carbocycles. The van der Waals surface area contributed by atoms with E-state index in [2.05, 4.69) is 29.5 Å². The predicted octanol–water partition coefficient (Wildman–Crippen LogP) is 4.71. The standard InChI is InChI=1S/C27H28FN3O3/c1-16(2)18-9-12-23-19(14-18)15-21(27(34)31-23)26(33)29-20-10-7-17(8-11-20)13-25(32)30-24-6-4-3-5-22(24)28/h3-8,10-11,15-16,18H,9,12-14H2,1-2H3,(H,29,33)(H,30,32)(H,31,34). The summed E-state index contributed by atoms with van der Waals surface area (Å²) in [4.78, 5) is 40.4. The molecule has 0 saturated heterocycles. The molecule has 1 aliphatic rings. The van der Waals surface area contributed by atoms with Crippen LogP contribution in [0.2, 0.25) is 0 Å². The van der Waals surface area contributed by atoms with Crippen LogP contribution in [-0.4, -0.2) is 16.8 Å². The summed E-state index contributed by atoms with van der Waals surface area (Å²) < 4.78 is 13.7. The predicted molar refractivity (Wildman–Crippen MR) is 131 cm³/mol. The van der Waals surface area contributed by atoms with E-state index in [1.807, 2.05) is 0 Å². The van der Waals surface area contributed by atoms with Crippen molar-refractivity contribution in [2.75, 3.05) is 10.6 Å². The first-order chi connectivity index (χ1) is 16.3. The van der Waals surface area contributed by atoms with E-state index in [1.54, 1.807) is 42.5 Å². The van der Waals surface area contributed by atoms with Gasteiger partial charge >= 0.3 is 0 Å².